The van der Waals surface area contributed by atoms with Crippen molar-refractivity contribution in [3.63, 3.8) is 0 Å². The molecule has 0 amide bonds. The van der Waals surface area contributed by atoms with E-state index in [9.17, 15) is 9.90 Å². The van der Waals surface area contributed by atoms with Crippen molar-refractivity contribution >= 4 is 5.97 Å². The Bertz CT molecular complexity index is 250. The largest absolute Gasteiger partial charge is 0.459 e. The Kier molecular flexibility index (Phi) is 4.29. The van der Waals surface area contributed by atoms with Gasteiger partial charge in [0, 0.05) is 19.1 Å². The summed E-state index contributed by atoms with van der Waals surface area (Å²) in [5.41, 5.74) is -0.454. The minimum Gasteiger partial charge on any atom is -0.459 e. The Balaban J connectivity index is 2.39. The smallest absolute Gasteiger partial charge is 0.320 e. The highest BCUT2D eigenvalue weighted by atomic mass is 16.6. The van der Waals surface area contributed by atoms with Crippen LogP contribution >= 0.6 is 0 Å². The number of β-amino-alcohol motifs (C(OH)–C–C–N with tert-alkyl or cyclic N) is 1. The van der Waals surface area contributed by atoms with Gasteiger partial charge < -0.3 is 15.2 Å². The lowest BCUT2D eigenvalue weighted by Gasteiger charge is -2.27. The average molecular weight is 230 g/mol. The second-order valence-corrected chi connectivity index (χ2v) is 5.29. The fraction of sp³-hybridized carbons (Fsp3) is 0.909. The van der Waals surface area contributed by atoms with E-state index in [2.05, 4.69) is 5.32 Å². The summed E-state index contributed by atoms with van der Waals surface area (Å²) < 4.78 is 5.22. The maximum Gasteiger partial charge on any atom is 0.320 e. The summed E-state index contributed by atoms with van der Waals surface area (Å²) in [5.74, 6) is -0.255. The van der Waals surface area contributed by atoms with E-state index < -0.39 is 11.7 Å². The van der Waals surface area contributed by atoms with E-state index in [-0.39, 0.29) is 18.6 Å². The van der Waals surface area contributed by atoms with Crippen molar-refractivity contribution in [1.82, 2.24) is 10.2 Å². The lowest BCUT2D eigenvalue weighted by molar-refractivity contribution is -0.156. The number of ether oxygens (including phenoxy) is 1. The van der Waals surface area contributed by atoms with Gasteiger partial charge in [0.25, 0.3) is 0 Å². The number of nitrogens with one attached hydrogen (secondary N) is 1. The number of likely N-dealkylation sites (N-methyl/N-ethyl adjacent to an activating group) is 1. The van der Waals surface area contributed by atoms with Crippen LogP contribution in [0.2, 0.25) is 0 Å². The summed E-state index contributed by atoms with van der Waals surface area (Å²) in [6, 6.07) is -0.00693. The van der Waals surface area contributed by atoms with Gasteiger partial charge >= 0.3 is 5.97 Å². The van der Waals surface area contributed by atoms with Gasteiger partial charge in [0.2, 0.25) is 0 Å². The summed E-state index contributed by atoms with van der Waals surface area (Å²) in [4.78, 5) is 13.4. The van der Waals surface area contributed by atoms with Crippen LogP contribution in [0.4, 0.5) is 0 Å². The van der Waals surface area contributed by atoms with Crippen LogP contribution in [0.25, 0.3) is 0 Å². The number of hydrogen-bond acceptors (Lipinski definition) is 5. The second kappa shape index (κ2) is 5.12. The molecule has 1 saturated heterocycles. The molecule has 1 heterocycles. The van der Waals surface area contributed by atoms with E-state index in [1.54, 1.807) is 0 Å². The highest BCUT2D eigenvalue weighted by Gasteiger charge is 2.30. The van der Waals surface area contributed by atoms with Crippen LogP contribution in [-0.4, -0.2) is 60.4 Å². The SMILES string of the molecule is CN(CC(=O)OC(C)(C)C)C1CNC[C@H]1O. The number of esters is 1. The molecule has 1 aliphatic rings. The third-order valence-electron chi connectivity index (χ3n) is 2.52. The molecule has 1 fully saturated rings. The molecule has 0 radical (unpaired) electrons. The fourth-order valence-electron chi connectivity index (χ4n) is 1.80. The van der Waals surface area contributed by atoms with Gasteiger partial charge in [-0.15, -0.1) is 0 Å². The molecule has 0 aromatic carbocycles. The number of hydrogen-bond donors (Lipinski definition) is 2. The molecule has 0 spiro atoms. The monoisotopic (exact) mass is 230 g/mol. The van der Waals surface area contributed by atoms with Gasteiger partial charge in [-0.2, -0.15) is 0 Å². The van der Waals surface area contributed by atoms with E-state index in [0.717, 1.165) is 0 Å². The zero-order valence-corrected chi connectivity index (χ0v) is 10.5. The van der Waals surface area contributed by atoms with E-state index >= 15 is 0 Å². The molecule has 1 unspecified atom stereocenters. The van der Waals surface area contributed by atoms with Crippen molar-refractivity contribution in [2.24, 2.45) is 0 Å². The first-order chi connectivity index (χ1) is 7.29. The van der Waals surface area contributed by atoms with Crippen LogP contribution < -0.4 is 5.32 Å². The van der Waals surface area contributed by atoms with E-state index in [0.29, 0.717) is 13.1 Å². The third kappa shape index (κ3) is 4.08. The van der Waals surface area contributed by atoms with E-state index in [1.807, 2.05) is 32.7 Å². The Hall–Kier alpha value is -0.650. The molecular formula is C11H22N2O3. The first kappa shape index (κ1) is 13.4. The molecule has 0 aliphatic carbocycles. The van der Waals surface area contributed by atoms with E-state index in [1.165, 1.54) is 0 Å². The van der Waals surface area contributed by atoms with Crippen molar-refractivity contribution < 1.29 is 14.6 Å². The van der Waals surface area contributed by atoms with Crippen LogP contribution in [0.3, 0.4) is 0 Å². The topological polar surface area (TPSA) is 61.8 Å². The standard InChI is InChI=1S/C11H22N2O3/c1-11(2,3)16-10(15)7-13(4)8-5-12-6-9(8)14/h8-9,12,14H,5-7H2,1-4H3/t8?,9-/m1/s1. The molecule has 0 bridgehead atoms. The highest BCUT2D eigenvalue weighted by molar-refractivity contribution is 5.72. The maximum atomic E-state index is 11.6. The molecule has 0 aromatic rings. The number of aliphatic hydroxyl groups excluding tert-OH is 1. The third-order valence-corrected chi connectivity index (χ3v) is 2.52. The molecule has 2 atom stereocenters. The first-order valence-corrected chi connectivity index (χ1v) is 5.60. The van der Waals surface area contributed by atoms with Gasteiger partial charge in [0.1, 0.15) is 5.60 Å². The normalized spacial score (nSPS) is 26.1. The van der Waals surface area contributed by atoms with Crippen molar-refractivity contribution in [3.05, 3.63) is 0 Å². The number of carbonyl (C=O) groups is 1. The predicted octanol–water partition coefficient (Wildman–Crippen LogP) is -0.407. The molecule has 5 nitrogen and oxygen atoms in total. The number of rotatable bonds is 3. The van der Waals surface area contributed by atoms with Crippen molar-refractivity contribution in [2.75, 3.05) is 26.7 Å². The molecule has 16 heavy (non-hydrogen) atoms. The van der Waals surface area contributed by atoms with Crippen LogP contribution in [0, 0.1) is 0 Å². The summed E-state index contributed by atoms with van der Waals surface area (Å²) in [6.45, 7) is 7.04. The molecule has 2 N–H and O–H groups in total. The molecule has 0 aromatic heterocycles. The second-order valence-electron chi connectivity index (χ2n) is 5.29. The maximum absolute atomic E-state index is 11.6. The molecule has 1 rings (SSSR count). The van der Waals surface area contributed by atoms with Crippen LogP contribution in [0.15, 0.2) is 0 Å². The Morgan fingerprint density at radius 2 is 2.12 bits per heavy atom. The zero-order valence-electron chi connectivity index (χ0n) is 10.5. The minimum absolute atomic E-state index is 0.00693. The van der Waals surface area contributed by atoms with Gasteiger partial charge in [0.05, 0.1) is 12.6 Å². The number of aliphatic hydroxyl groups is 1. The number of carbonyl (C=O) groups excluding carboxylic acids is 1. The lowest BCUT2D eigenvalue weighted by atomic mass is 10.2. The lowest BCUT2D eigenvalue weighted by Crippen LogP contribution is -2.44. The minimum atomic E-state index is -0.454. The van der Waals surface area contributed by atoms with Gasteiger partial charge in [-0.05, 0) is 27.8 Å². The Morgan fingerprint density at radius 1 is 1.50 bits per heavy atom. The number of nitrogens with zero attached hydrogens (tertiary/aromatic N) is 1. The average Bonchev–Trinajstić information content (AvgIpc) is 2.47. The summed E-state index contributed by atoms with van der Waals surface area (Å²) >= 11 is 0. The quantitative estimate of drug-likeness (QED) is 0.646. The first-order valence-electron chi connectivity index (χ1n) is 5.60. The Labute approximate surface area is 96.8 Å². The Morgan fingerprint density at radius 3 is 2.56 bits per heavy atom. The predicted molar refractivity (Wildman–Crippen MR) is 61.1 cm³/mol. The van der Waals surface area contributed by atoms with Crippen molar-refractivity contribution in [2.45, 2.75) is 38.5 Å². The summed E-state index contributed by atoms with van der Waals surface area (Å²) in [5, 5.41) is 12.7. The molecule has 0 saturated carbocycles. The highest BCUT2D eigenvalue weighted by Crippen LogP contribution is 2.10. The van der Waals surface area contributed by atoms with Crippen molar-refractivity contribution in [1.29, 1.82) is 0 Å². The molecule has 5 heteroatoms. The van der Waals surface area contributed by atoms with Crippen LogP contribution in [0.5, 0.6) is 0 Å². The van der Waals surface area contributed by atoms with Gasteiger partial charge in [-0.1, -0.05) is 0 Å². The van der Waals surface area contributed by atoms with Crippen LogP contribution in [0.1, 0.15) is 20.8 Å². The van der Waals surface area contributed by atoms with E-state index in [4.69, 9.17) is 4.74 Å². The van der Waals surface area contributed by atoms with Gasteiger partial charge in [0.15, 0.2) is 0 Å². The molecular weight excluding hydrogens is 208 g/mol. The zero-order chi connectivity index (χ0) is 12.3. The van der Waals surface area contributed by atoms with Crippen molar-refractivity contribution in [3.8, 4) is 0 Å². The molecule has 94 valence electrons. The fourth-order valence-corrected chi connectivity index (χ4v) is 1.80. The van der Waals surface area contributed by atoms with Crippen LogP contribution in [-0.2, 0) is 9.53 Å². The summed E-state index contributed by atoms with van der Waals surface area (Å²) in [6.07, 6.45) is -0.410. The van der Waals surface area contributed by atoms with Gasteiger partial charge in [-0.3, -0.25) is 9.69 Å². The van der Waals surface area contributed by atoms with Gasteiger partial charge in [-0.25, -0.2) is 0 Å². The molecule has 1 aliphatic heterocycles. The summed E-state index contributed by atoms with van der Waals surface area (Å²) in [7, 11) is 1.82.